The number of para-hydroxylation sites is 2. The first-order chi connectivity index (χ1) is 13.8. The van der Waals surface area contributed by atoms with Gasteiger partial charge in [0.1, 0.15) is 5.82 Å². The lowest BCUT2D eigenvalue weighted by molar-refractivity contribution is 0.591. The molecule has 0 unspecified atom stereocenters. The number of hydrogen-bond donors (Lipinski definition) is 0. The minimum atomic E-state index is -3.80. The molecular formula is C21H23N5O2S. The fourth-order valence-corrected chi connectivity index (χ4v) is 4.83. The van der Waals surface area contributed by atoms with E-state index in [0.29, 0.717) is 11.2 Å². The topological polar surface area (TPSA) is 80.5 Å². The van der Waals surface area contributed by atoms with Crippen LogP contribution in [0.3, 0.4) is 0 Å². The fraction of sp³-hybridized carbons (Fsp3) is 0.286. The average Bonchev–Trinajstić information content (AvgIpc) is 3.15. The van der Waals surface area contributed by atoms with Crippen LogP contribution in [0.1, 0.15) is 38.1 Å². The lowest BCUT2D eigenvalue weighted by Gasteiger charge is -2.23. The molecule has 0 spiro atoms. The largest absolute Gasteiger partial charge is 0.274 e. The van der Waals surface area contributed by atoms with E-state index in [2.05, 4.69) is 15.2 Å². The SMILES string of the molecule is CCN(c1nc2ccccc2n2c(C(C)C)nnc12)S(=O)(=O)c1ccc(C)cc1. The number of fused-ring (bicyclic) bond motifs is 3. The van der Waals surface area contributed by atoms with Crippen LogP contribution in [0.25, 0.3) is 16.7 Å². The van der Waals surface area contributed by atoms with E-state index in [0.717, 1.165) is 16.9 Å². The molecule has 0 saturated heterocycles. The molecule has 2 aromatic carbocycles. The number of benzene rings is 2. The van der Waals surface area contributed by atoms with Gasteiger partial charge in [-0.2, -0.15) is 0 Å². The molecule has 0 aliphatic rings. The summed E-state index contributed by atoms with van der Waals surface area (Å²) in [5, 5.41) is 8.66. The summed E-state index contributed by atoms with van der Waals surface area (Å²) in [6.07, 6.45) is 0. The molecule has 2 heterocycles. The lowest BCUT2D eigenvalue weighted by atomic mass is 10.2. The van der Waals surface area contributed by atoms with Crippen LogP contribution in [-0.2, 0) is 10.0 Å². The van der Waals surface area contributed by atoms with Gasteiger partial charge in [-0.05, 0) is 38.1 Å². The second-order valence-corrected chi connectivity index (χ2v) is 9.14. The molecule has 0 atom stereocenters. The van der Waals surface area contributed by atoms with Crippen LogP contribution in [0.15, 0.2) is 53.4 Å². The zero-order valence-electron chi connectivity index (χ0n) is 16.9. The van der Waals surface area contributed by atoms with Gasteiger partial charge in [0, 0.05) is 12.5 Å². The van der Waals surface area contributed by atoms with Crippen molar-refractivity contribution in [2.24, 2.45) is 0 Å². The highest BCUT2D eigenvalue weighted by Gasteiger charge is 2.29. The van der Waals surface area contributed by atoms with Crippen molar-refractivity contribution in [1.82, 2.24) is 19.6 Å². The maximum absolute atomic E-state index is 13.4. The molecule has 7 nitrogen and oxygen atoms in total. The van der Waals surface area contributed by atoms with Gasteiger partial charge in [0.25, 0.3) is 10.0 Å². The Kier molecular flexibility index (Phi) is 4.74. The third kappa shape index (κ3) is 3.13. The first-order valence-electron chi connectivity index (χ1n) is 9.57. The zero-order chi connectivity index (χ0) is 20.8. The van der Waals surface area contributed by atoms with Gasteiger partial charge in [-0.3, -0.25) is 4.40 Å². The molecule has 0 fully saturated rings. The van der Waals surface area contributed by atoms with Gasteiger partial charge in [-0.15, -0.1) is 10.2 Å². The smallest absolute Gasteiger partial charge is 0.265 e. The first kappa shape index (κ1) is 19.3. The highest BCUT2D eigenvalue weighted by atomic mass is 32.2. The highest BCUT2D eigenvalue weighted by molar-refractivity contribution is 7.92. The third-order valence-corrected chi connectivity index (χ3v) is 6.77. The maximum Gasteiger partial charge on any atom is 0.265 e. The molecule has 0 aliphatic heterocycles. The summed E-state index contributed by atoms with van der Waals surface area (Å²) in [6.45, 7) is 8.00. The van der Waals surface area contributed by atoms with E-state index in [4.69, 9.17) is 0 Å². The standard InChI is InChI=1S/C21H23N5O2S/c1-5-25(29(27,28)16-12-10-15(4)11-13-16)20-21-24-23-19(14(2)3)26(21)18-9-7-6-8-17(18)22-20/h6-14H,5H2,1-4H3. The molecule has 29 heavy (non-hydrogen) atoms. The Morgan fingerprint density at radius 1 is 1.03 bits per heavy atom. The summed E-state index contributed by atoms with van der Waals surface area (Å²) in [6, 6.07) is 14.4. The molecule has 0 saturated carbocycles. The van der Waals surface area contributed by atoms with Gasteiger partial charge in [-0.1, -0.05) is 43.7 Å². The molecule has 0 amide bonds. The Balaban J connectivity index is 2.01. The molecule has 0 bridgehead atoms. The summed E-state index contributed by atoms with van der Waals surface area (Å²) < 4.78 is 30.1. The quantitative estimate of drug-likeness (QED) is 0.499. The van der Waals surface area contributed by atoms with E-state index >= 15 is 0 Å². The summed E-state index contributed by atoms with van der Waals surface area (Å²) in [5.74, 6) is 1.17. The number of rotatable bonds is 5. The molecule has 0 aliphatic carbocycles. The van der Waals surface area contributed by atoms with E-state index in [1.165, 1.54) is 4.31 Å². The van der Waals surface area contributed by atoms with Crippen LogP contribution in [0, 0.1) is 6.92 Å². The Labute approximate surface area is 170 Å². The summed E-state index contributed by atoms with van der Waals surface area (Å²) >= 11 is 0. The molecule has 4 rings (SSSR count). The summed E-state index contributed by atoms with van der Waals surface area (Å²) in [5.41, 5.74) is 2.97. The van der Waals surface area contributed by atoms with E-state index < -0.39 is 10.0 Å². The second-order valence-electron chi connectivity index (χ2n) is 7.28. The predicted octanol–water partition coefficient (Wildman–Crippen LogP) is 3.92. The van der Waals surface area contributed by atoms with Crippen molar-refractivity contribution < 1.29 is 8.42 Å². The number of aromatic nitrogens is 4. The molecule has 4 aromatic rings. The monoisotopic (exact) mass is 409 g/mol. The van der Waals surface area contributed by atoms with Gasteiger partial charge < -0.3 is 0 Å². The van der Waals surface area contributed by atoms with Crippen LogP contribution in [-0.4, -0.2) is 34.5 Å². The number of sulfonamides is 1. The second kappa shape index (κ2) is 7.11. The maximum atomic E-state index is 13.4. The Morgan fingerprint density at radius 2 is 1.72 bits per heavy atom. The minimum absolute atomic E-state index is 0.118. The highest BCUT2D eigenvalue weighted by Crippen LogP contribution is 2.30. The van der Waals surface area contributed by atoms with Crippen molar-refractivity contribution in [3.8, 4) is 0 Å². The third-order valence-electron chi connectivity index (χ3n) is 4.89. The molecular weight excluding hydrogens is 386 g/mol. The first-order valence-corrected chi connectivity index (χ1v) is 11.0. The normalized spacial score (nSPS) is 12.2. The Bertz CT molecular complexity index is 1290. The van der Waals surface area contributed by atoms with Crippen LogP contribution >= 0.6 is 0 Å². The fourth-order valence-electron chi connectivity index (χ4n) is 3.40. The number of hydrogen-bond acceptors (Lipinski definition) is 5. The molecule has 0 N–H and O–H groups in total. The lowest BCUT2D eigenvalue weighted by Crippen LogP contribution is -2.32. The van der Waals surface area contributed by atoms with Crippen LogP contribution < -0.4 is 4.31 Å². The Hall–Kier alpha value is -3.00. The van der Waals surface area contributed by atoms with Gasteiger partial charge in [-0.25, -0.2) is 17.7 Å². The van der Waals surface area contributed by atoms with Gasteiger partial charge >= 0.3 is 0 Å². The minimum Gasteiger partial charge on any atom is -0.274 e. The van der Waals surface area contributed by atoms with Crippen molar-refractivity contribution >= 4 is 32.5 Å². The molecule has 0 radical (unpaired) electrons. The van der Waals surface area contributed by atoms with E-state index in [9.17, 15) is 8.42 Å². The summed E-state index contributed by atoms with van der Waals surface area (Å²) in [4.78, 5) is 4.90. The van der Waals surface area contributed by atoms with Gasteiger partial charge in [0.05, 0.1) is 15.9 Å². The van der Waals surface area contributed by atoms with E-state index in [1.54, 1.807) is 31.2 Å². The van der Waals surface area contributed by atoms with Crippen LogP contribution in [0.5, 0.6) is 0 Å². The van der Waals surface area contributed by atoms with Gasteiger partial charge in [0.15, 0.2) is 5.82 Å². The average molecular weight is 410 g/mol. The van der Waals surface area contributed by atoms with Crippen LogP contribution in [0.4, 0.5) is 5.82 Å². The van der Waals surface area contributed by atoms with Crippen molar-refractivity contribution in [1.29, 1.82) is 0 Å². The molecule has 2 aromatic heterocycles. The molecule has 8 heteroatoms. The van der Waals surface area contributed by atoms with Crippen LogP contribution in [0.2, 0.25) is 0 Å². The zero-order valence-corrected chi connectivity index (χ0v) is 17.7. The van der Waals surface area contributed by atoms with Crippen molar-refractivity contribution in [3.05, 3.63) is 59.9 Å². The van der Waals surface area contributed by atoms with E-state index in [-0.39, 0.29) is 23.2 Å². The van der Waals surface area contributed by atoms with Gasteiger partial charge in [0.2, 0.25) is 5.65 Å². The Morgan fingerprint density at radius 3 is 2.38 bits per heavy atom. The van der Waals surface area contributed by atoms with Crippen molar-refractivity contribution in [3.63, 3.8) is 0 Å². The number of nitrogens with zero attached hydrogens (tertiary/aromatic N) is 5. The number of anilines is 1. The van der Waals surface area contributed by atoms with E-state index in [1.807, 2.05) is 49.4 Å². The molecule has 150 valence electrons. The van der Waals surface area contributed by atoms with Crippen molar-refractivity contribution in [2.45, 2.75) is 38.5 Å². The summed E-state index contributed by atoms with van der Waals surface area (Å²) in [7, 11) is -3.80. The van der Waals surface area contributed by atoms with Crippen molar-refractivity contribution in [2.75, 3.05) is 10.8 Å². The number of aryl methyl sites for hydroxylation is 1. The predicted molar refractivity (Wildman–Crippen MR) is 114 cm³/mol.